The third-order valence-electron chi connectivity index (χ3n) is 7.94. The van der Waals surface area contributed by atoms with Crippen LogP contribution in [-0.4, -0.2) is 65.9 Å². The Kier molecular flexibility index (Phi) is 6.96. The SMILES string of the molecule is C[C@H]1CCCC[C@@]12NC(=O)N(CC(=O)Nc1ccc(N3CCN(Cc4ccccc4)CC3)cc1)C2=O. The van der Waals surface area contributed by atoms with Crippen LogP contribution >= 0.6 is 0 Å². The van der Waals surface area contributed by atoms with Crippen molar-refractivity contribution >= 4 is 29.2 Å². The van der Waals surface area contributed by atoms with Gasteiger partial charge in [0.05, 0.1) is 0 Å². The van der Waals surface area contributed by atoms with Gasteiger partial charge in [0.25, 0.3) is 5.91 Å². The molecule has 2 saturated heterocycles. The van der Waals surface area contributed by atoms with Crippen LogP contribution in [0.25, 0.3) is 0 Å². The minimum Gasteiger partial charge on any atom is -0.369 e. The zero-order valence-electron chi connectivity index (χ0n) is 20.9. The third kappa shape index (κ3) is 4.95. The highest BCUT2D eigenvalue weighted by atomic mass is 16.2. The Balaban J connectivity index is 1.12. The average Bonchev–Trinajstić information content (AvgIpc) is 3.12. The maximum atomic E-state index is 13.1. The lowest BCUT2D eigenvalue weighted by Gasteiger charge is -2.36. The number of imide groups is 1. The molecule has 0 radical (unpaired) electrons. The Hall–Kier alpha value is -3.39. The Morgan fingerprint density at radius 1 is 1.00 bits per heavy atom. The first-order valence-corrected chi connectivity index (χ1v) is 13.0. The second-order valence-corrected chi connectivity index (χ2v) is 10.3. The Bertz CT molecular complexity index is 1100. The quantitative estimate of drug-likeness (QED) is 0.608. The van der Waals surface area contributed by atoms with Crippen molar-refractivity contribution in [2.24, 2.45) is 5.92 Å². The molecule has 3 fully saturated rings. The van der Waals surface area contributed by atoms with Gasteiger partial charge in [-0.25, -0.2) is 4.79 Å². The summed E-state index contributed by atoms with van der Waals surface area (Å²) in [6.45, 7) is 6.60. The molecule has 190 valence electrons. The van der Waals surface area contributed by atoms with E-state index in [1.807, 2.05) is 37.3 Å². The molecule has 4 amide bonds. The molecule has 8 nitrogen and oxygen atoms in total. The number of carbonyl (C=O) groups is 3. The molecule has 3 aliphatic rings. The van der Waals surface area contributed by atoms with E-state index in [9.17, 15) is 14.4 Å². The summed E-state index contributed by atoms with van der Waals surface area (Å²) in [5.41, 5.74) is 2.26. The van der Waals surface area contributed by atoms with Crippen molar-refractivity contribution in [3.05, 3.63) is 60.2 Å². The van der Waals surface area contributed by atoms with E-state index >= 15 is 0 Å². The first-order valence-electron chi connectivity index (χ1n) is 13.0. The fourth-order valence-electron chi connectivity index (χ4n) is 5.74. The van der Waals surface area contributed by atoms with Gasteiger partial charge in [-0.1, -0.05) is 50.1 Å². The summed E-state index contributed by atoms with van der Waals surface area (Å²) < 4.78 is 0. The topological polar surface area (TPSA) is 85.0 Å². The van der Waals surface area contributed by atoms with E-state index in [0.29, 0.717) is 12.1 Å². The van der Waals surface area contributed by atoms with Gasteiger partial charge in [0.1, 0.15) is 12.1 Å². The maximum absolute atomic E-state index is 13.1. The summed E-state index contributed by atoms with van der Waals surface area (Å²) in [5.74, 6) is -0.568. The molecule has 1 saturated carbocycles. The number of urea groups is 1. The number of rotatable bonds is 6. The van der Waals surface area contributed by atoms with E-state index in [0.717, 1.165) is 62.6 Å². The highest BCUT2D eigenvalue weighted by Crippen LogP contribution is 2.38. The van der Waals surface area contributed by atoms with Gasteiger partial charge in [-0.05, 0) is 48.6 Å². The van der Waals surface area contributed by atoms with E-state index < -0.39 is 11.6 Å². The average molecular weight is 490 g/mol. The largest absolute Gasteiger partial charge is 0.369 e. The van der Waals surface area contributed by atoms with Crippen molar-refractivity contribution in [3.63, 3.8) is 0 Å². The van der Waals surface area contributed by atoms with Crippen molar-refractivity contribution in [3.8, 4) is 0 Å². The van der Waals surface area contributed by atoms with Gasteiger partial charge < -0.3 is 15.5 Å². The van der Waals surface area contributed by atoms with Crippen LogP contribution in [-0.2, 0) is 16.1 Å². The normalized spacial score (nSPS) is 24.8. The molecule has 1 aliphatic carbocycles. The predicted molar refractivity (Wildman–Crippen MR) is 140 cm³/mol. The summed E-state index contributed by atoms with van der Waals surface area (Å²) in [6.07, 6.45) is 3.51. The molecule has 1 spiro atoms. The lowest BCUT2D eigenvalue weighted by atomic mass is 9.73. The molecule has 2 N–H and O–H groups in total. The summed E-state index contributed by atoms with van der Waals surface area (Å²) >= 11 is 0. The molecular formula is C28H35N5O3. The van der Waals surface area contributed by atoms with Crippen molar-refractivity contribution in [1.82, 2.24) is 15.1 Å². The van der Waals surface area contributed by atoms with Crippen molar-refractivity contribution < 1.29 is 14.4 Å². The smallest absolute Gasteiger partial charge is 0.325 e. The summed E-state index contributed by atoms with van der Waals surface area (Å²) in [4.78, 5) is 44.2. The van der Waals surface area contributed by atoms with Crippen molar-refractivity contribution in [2.45, 2.75) is 44.7 Å². The molecule has 2 aromatic carbocycles. The van der Waals surface area contributed by atoms with E-state index in [4.69, 9.17) is 0 Å². The van der Waals surface area contributed by atoms with Gasteiger partial charge >= 0.3 is 6.03 Å². The molecule has 0 bridgehead atoms. The van der Waals surface area contributed by atoms with E-state index in [1.165, 1.54) is 5.56 Å². The molecule has 2 aromatic rings. The van der Waals surface area contributed by atoms with Crippen LogP contribution < -0.4 is 15.5 Å². The first-order chi connectivity index (χ1) is 17.4. The van der Waals surface area contributed by atoms with Crippen LogP contribution in [0.15, 0.2) is 54.6 Å². The fourth-order valence-corrected chi connectivity index (χ4v) is 5.74. The molecule has 36 heavy (non-hydrogen) atoms. The number of anilines is 2. The number of piperazine rings is 1. The standard InChI is InChI=1S/C28H35N5O3/c1-21-7-5-6-14-28(21)26(35)33(27(36)30-28)20-25(34)29-23-10-12-24(13-11-23)32-17-15-31(16-18-32)19-22-8-3-2-4-9-22/h2-4,8-13,21H,5-7,14-20H2,1H3,(H,29,34)(H,30,36)/t21-,28+/m0/s1. The summed E-state index contributed by atoms with van der Waals surface area (Å²) in [6, 6.07) is 17.8. The maximum Gasteiger partial charge on any atom is 0.325 e. The first kappa shape index (κ1) is 24.3. The minimum absolute atomic E-state index is 0.0727. The minimum atomic E-state index is -0.845. The van der Waals surface area contributed by atoms with Crippen LogP contribution in [0.2, 0.25) is 0 Å². The van der Waals surface area contributed by atoms with Crippen molar-refractivity contribution in [1.29, 1.82) is 0 Å². The molecule has 2 aliphatic heterocycles. The molecular weight excluding hydrogens is 454 g/mol. The van der Waals surface area contributed by atoms with Crippen LogP contribution in [0.1, 0.15) is 38.2 Å². The van der Waals surface area contributed by atoms with Crippen molar-refractivity contribution in [2.75, 3.05) is 42.9 Å². The van der Waals surface area contributed by atoms with Gasteiger partial charge in [0, 0.05) is 44.1 Å². The van der Waals surface area contributed by atoms with E-state index in [2.05, 4.69) is 44.7 Å². The number of nitrogens with zero attached hydrogens (tertiary/aromatic N) is 3. The molecule has 0 unspecified atom stereocenters. The highest BCUT2D eigenvalue weighted by molar-refractivity contribution is 6.10. The van der Waals surface area contributed by atoms with Gasteiger partial charge in [-0.15, -0.1) is 0 Å². The zero-order chi connectivity index (χ0) is 25.1. The van der Waals surface area contributed by atoms with Gasteiger partial charge in [-0.2, -0.15) is 0 Å². The number of amides is 4. The molecule has 0 aromatic heterocycles. The highest BCUT2D eigenvalue weighted by Gasteiger charge is 2.55. The lowest BCUT2D eigenvalue weighted by Crippen LogP contribution is -2.54. The fraction of sp³-hybridized carbons (Fsp3) is 0.464. The van der Waals surface area contributed by atoms with Crippen LogP contribution in [0.3, 0.4) is 0 Å². The molecule has 2 heterocycles. The summed E-state index contributed by atoms with van der Waals surface area (Å²) in [5, 5.41) is 5.73. The number of benzene rings is 2. The lowest BCUT2D eigenvalue weighted by molar-refractivity contribution is -0.136. The summed E-state index contributed by atoms with van der Waals surface area (Å²) in [7, 11) is 0. The Labute approximate surface area is 212 Å². The number of nitrogens with one attached hydrogen (secondary N) is 2. The van der Waals surface area contributed by atoms with E-state index in [-0.39, 0.29) is 24.3 Å². The predicted octanol–water partition coefficient (Wildman–Crippen LogP) is 3.45. The third-order valence-corrected chi connectivity index (χ3v) is 7.94. The number of carbonyl (C=O) groups excluding carboxylic acids is 3. The number of hydrogen-bond acceptors (Lipinski definition) is 5. The van der Waals surface area contributed by atoms with E-state index in [1.54, 1.807) is 0 Å². The monoisotopic (exact) mass is 489 g/mol. The van der Waals surface area contributed by atoms with Gasteiger partial charge in [-0.3, -0.25) is 19.4 Å². The zero-order valence-corrected chi connectivity index (χ0v) is 20.9. The second kappa shape index (κ2) is 10.3. The molecule has 5 rings (SSSR count). The van der Waals surface area contributed by atoms with Gasteiger partial charge in [0.2, 0.25) is 5.91 Å². The van der Waals surface area contributed by atoms with Gasteiger partial charge in [0.15, 0.2) is 0 Å². The van der Waals surface area contributed by atoms with Crippen LogP contribution in [0.4, 0.5) is 16.2 Å². The molecule has 2 atom stereocenters. The number of hydrogen-bond donors (Lipinski definition) is 2. The van der Waals surface area contributed by atoms with Crippen LogP contribution in [0.5, 0.6) is 0 Å². The Morgan fingerprint density at radius 2 is 1.72 bits per heavy atom. The molecule has 8 heteroatoms. The van der Waals surface area contributed by atoms with Crippen LogP contribution in [0, 0.1) is 5.92 Å². The Morgan fingerprint density at radius 3 is 2.42 bits per heavy atom. The second-order valence-electron chi connectivity index (χ2n) is 10.3.